The molecule has 1 N–H and O–H groups in total. The van der Waals surface area contributed by atoms with Crippen LogP contribution in [0.25, 0.3) is 10.8 Å². The lowest BCUT2D eigenvalue weighted by Gasteiger charge is -2.14. The first-order chi connectivity index (χ1) is 10.0. The van der Waals surface area contributed by atoms with E-state index in [1.807, 2.05) is 0 Å². The lowest BCUT2D eigenvalue weighted by Crippen LogP contribution is -2.30. The van der Waals surface area contributed by atoms with Crippen molar-refractivity contribution in [3.8, 4) is 0 Å². The molecule has 0 bridgehead atoms. The second-order valence-electron chi connectivity index (χ2n) is 4.39. The van der Waals surface area contributed by atoms with Crippen LogP contribution in [0.1, 0.15) is 16.1 Å². The molecule has 0 spiro atoms. The first-order valence-electron chi connectivity index (χ1n) is 5.94. The van der Waals surface area contributed by atoms with Gasteiger partial charge in [-0.15, -0.1) is 10.2 Å². The van der Waals surface area contributed by atoms with Crippen LogP contribution in [0.3, 0.4) is 0 Å². The standard InChI is InChI=1S/C13H9FN4O3/c1-7-10(13(20)21)8-3-2-4-9(14)11(8)12(19)18(7)17-5-15-16-6-17/h2-6H,1H3,(H,20,21). The van der Waals surface area contributed by atoms with Crippen molar-refractivity contribution in [2.45, 2.75) is 6.92 Å². The Balaban J connectivity index is 2.59. The molecule has 0 aliphatic carbocycles. The van der Waals surface area contributed by atoms with Crippen LogP contribution in [0.4, 0.5) is 4.39 Å². The number of pyridine rings is 1. The first kappa shape index (κ1) is 13.0. The fourth-order valence-electron chi connectivity index (χ4n) is 2.36. The molecular formula is C13H9FN4O3. The Bertz CT molecular complexity index is 915. The van der Waals surface area contributed by atoms with Crippen LogP contribution < -0.4 is 5.56 Å². The van der Waals surface area contributed by atoms with Crippen molar-refractivity contribution in [3.05, 3.63) is 58.3 Å². The van der Waals surface area contributed by atoms with E-state index in [-0.39, 0.29) is 22.0 Å². The number of benzene rings is 1. The highest BCUT2D eigenvalue weighted by Gasteiger charge is 2.21. The first-order valence-corrected chi connectivity index (χ1v) is 5.94. The van der Waals surface area contributed by atoms with Crippen molar-refractivity contribution in [1.82, 2.24) is 19.5 Å². The van der Waals surface area contributed by atoms with Gasteiger partial charge in [0.25, 0.3) is 5.56 Å². The highest BCUT2D eigenvalue weighted by Crippen LogP contribution is 2.21. The van der Waals surface area contributed by atoms with Crippen molar-refractivity contribution < 1.29 is 14.3 Å². The molecule has 0 unspecified atom stereocenters. The van der Waals surface area contributed by atoms with Crippen molar-refractivity contribution in [1.29, 1.82) is 0 Å². The summed E-state index contributed by atoms with van der Waals surface area (Å²) >= 11 is 0. The number of rotatable bonds is 2. The van der Waals surface area contributed by atoms with Crippen LogP contribution in [0.5, 0.6) is 0 Å². The number of halogens is 1. The molecule has 2 heterocycles. The molecule has 0 radical (unpaired) electrons. The van der Waals surface area contributed by atoms with Gasteiger partial charge in [0.2, 0.25) is 0 Å². The Morgan fingerprint density at radius 1 is 1.29 bits per heavy atom. The van der Waals surface area contributed by atoms with Crippen LogP contribution >= 0.6 is 0 Å². The smallest absolute Gasteiger partial charge is 0.338 e. The van der Waals surface area contributed by atoms with Crippen molar-refractivity contribution in [2.75, 3.05) is 0 Å². The zero-order valence-electron chi connectivity index (χ0n) is 10.8. The van der Waals surface area contributed by atoms with Gasteiger partial charge in [-0.2, -0.15) is 0 Å². The molecule has 0 aliphatic heterocycles. The summed E-state index contributed by atoms with van der Waals surface area (Å²) in [5, 5.41) is 16.3. The molecule has 7 nitrogen and oxygen atoms in total. The maximum Gasteiger partial charge on any atom is 0.338 e. The minimum absolute atomic E-state index is 0.0642. The molecule has 2 aromatic heterocycles. The van der Waals surface area contributed by atoms with Gasteiger partial charge in [-0.1, -0.05) is 12.1 Å². The Kier molecular flexibility index (Phi) is 2.79. The van der Waals surface area contributed by atoms with Crippen molar-refractivity contribution in [2.24, 2.45) is 0 Å². The van der Waals surface area contributed by atoms with Gasteiger partial charge in [0.05, 0.1) is 16.6 Å². The molecule has 0 atom stereocenters. The monoisotopic (exact) mass is 288 g/mol. The average molecular weight is 288 g/mol. The number of fused-ring (bicyclic) bond motifs is 1. The van der Waals surface area contributed by atoms with Gasteiger partial charge in [-0.3, -0.25) is 4.79 Å². The summed E-state index contributed by atoms with van der Waals surface area (Å²) in [5.74, 6) is -2.02. The van der Waals surface area contributed by atoms with Crippen molar-refractivity contribution >= 4 is 16.7 Å². The molecular weight excluding hydrogens is 279 g/mol. The normalized spacial score (nSPS) is 11.0. The van der Waals surface area contributed by atoms with E-state index in [1.165, 1.54) is 36.4 Å². The van der Waals surface area contributed by atoms with Crippen LogP contribution in [-0.2, 0) is 0 Å². The number of carboxylic acids is 1. The lowest BCUT2D eigenvalue weighted by molar-refractivity contribution is 0.0697. The average Bonchev–Trinajstić information content (AvgIpc) is 2.92. The van der Waals surface area contributed by atoms with Gasteiger partial charge in [0, 0.05) is 5.39 Å². The molecule has 0 fully saturated rings. The molecule has 8 heteroatoms. The topological polar surface area (TPSA) is 90.0 Å². The second-order valence-corrected chi connectivity index (χ2v) is 4.39. The zero-order valence-corrected chi connectivity index (χ0v) is 10.8. The molecule has 3 rings (SSSR count). The van der Waals surface area contributed by atoms with Gasteiger partial charge < -0.3 is 5.11 Å². The fourth-order valence-corrected chi connectivity index (χ4v) is 2.36. The number of aromatic nitrogens is 4. The molecule has 0 aliphatic rings. The molecule has 21 heavy (non-hydrogen) atoms. The SMILES string of the molecule is Cc1c(C(=O)O)c2cccc(F)c2c(=O)n1-n1cnnc1. The Hall–Kier alpha value is -3.03. The van der Waals surface area contributed by atoms with Crippen molar-refractivity contribution in [3.63, 3.8) is 0 Å². The number of carbonyl (C=O) groups is 1. The van der Waals surface area contributed by atoms with E-state index in [4.69, 9.17) is 0 Å². The minimum Gasteiger partial charge on any atom is -0.478 e. The molecule has 0 amide bonds. The molecule has 0 saturated heterocycles. The van der Waals surface area contributed by atoms with E-state index >= 15 is 0 Å². The maximum atomic E-state index is 14.0. The van der Waals surface area contributed by atoms with Gasteiger partial charge >= 0.3 is 5.97 Å². The number of aromatic carboxylic acids is 1. The van der Waals surface area contributed by atoms with Gasteiger partial charge in [-0.05, 0) is 13.0 Å². The number of nitrogens with zero attached hydrogens (tertiary/aromatic N) is 4. The summed E-state index contributed by atoms with van der Waals surface area (Å²) in [6, 6.07) is 3.89. The van der Waals surface area contributed by atoms with E-state index in [0.29, 0.717) is 0 Å². The van der Waals surface area contributed by atoms with Gasteiger partial charge in [0.15, 0.2) is 0 Å². The summed E-state index contributed by atoms with van der Waals surface area (Å²) in [6.07, 6.45) is 2.46. The molecule has 3 aromatic rings. The van der Waals surface area contributed by atoms with E-state index < -0.39 is 17.3 Å². The third-order valence-corrected chi connectivity index (χ3v) is 3.22. The second kappa shape index (κ2) is 4.51. The maximum absolute atomic E-state index is 14.0. The van der Waals surface area contributed by atoms with E-state index in [9.17, 15) is 19.1 Å². The Labute approximate surface area is 116 Å². The fraction of sp³-hybridized carbons (Fsp3) is 0.0769. The zero-order chi connectivity index (χ0) is 15.1. The van der Waals surface area contributed by atoms with Gasteiger partial charge in [-0.25, -0.2) is 18.5 Å². The third kappa shape index (κ3) is 1.80. The van der Waals surface area contributed by atoms with E-state index in [2.05, 4.69) is 10.2 Å². The minimum atomic E-state index is -1.25. The molecule has 106 valence electrons. The highest BCUT2D eigenvalue weighted by atomic mass is 19.1. The summed E-state index contributed by atoms with van der Waals surface area (Å²) in [7, 11) is 0. The predicted octanol–water partition coefficient (Wildman–Crippen LogP) is 1.05. The van der Waals surface area contributed by atoms with Crippen LogP contribution in [0.2, 0.25) is 0 Å². The van der Waals surface area contributed by atoms with E-state index in [1.54, 1.807) is 0 Å². The number of hydrogen-bond acceptors (Lipinski definition) is 4. The van der Waals surface area contributed by atoms with Crippen LogP contribution in [0.15, 0.2) is 35.6 Å². The number of carboxylic acid groups (broad SMARTS) is 1. The van der Waals surface area contributed by atoms with Crippen LogP contribution in [0, 0.1) is 12.7 Å². The summed E-state index contributed by atoms with van der Waals surface area (Å²) in [5.41, 5.74) is -0.659. The largest absolute Gasteiger partial charge is 0.478 e. The molecule has 0 saturated carbocycles. The summed E-state index contributed by atoms with van der Waals surface area (Å²) in [6.45, 7) is 1.47. The Morgan fingerprint density at radius 3 is 2.57 bits per heavy atom. The van der Waals surface area contributed by atoms with Gasteiger partial charge in [0.1, 0.15) is 18.5 Å². The van der Waals surface area contributed by atoms with E-state index in [0.717, 1.165) is 10.7 Å². The summed E-state index contributed by atoms with van der Waals surface area (Å²) < 4.78 is 16.2. The lowest BCUT2D eigenvalue weighted by atomic mass is 10.0. The quantitative estimate of drug-likeness (QED) is 0.761. The summed E-state index contributed by atoms with van der Waals surface area (Å²) in [4.78, 5) is 24.0. The number of hydrogen-bond donors (Lipinski definition) is 1. The van der Waals surface area contributed by atoms with Crippen LogP contribution in [-0.4, -0.2) is 30.6 Å². The molecule has 1 aromatic carbocycles. The third-order valence-electron chi connectivity index (χ3n) is 3.22. The predicted molar refractivity (Wildman–Crippen MR) is 70.7 cm³/mol. The Morgan fingerprint density at radius 2 is 1.95 bits per heavy atom. The highest BCUT2D eigenvalue weighted by molar-refractivity contribution is 6.04.